The van der Waals surface area contributed by atoms with Gasteiger partial charge in [-0.3, -0.25) is 10.1 Å². The molecule has 0 saturated heterocycles. The number of carbonyl (C=O) groups excluding carboxylic acids is 1. The normalized spacial score (nSPS) is 10.9. The van der Waals surface area contributed by atoms with E-state index < -0.39 is 0 Å². The van der Waals surface area contributed by atoms with Gasteiger partial charge in [0, 0.05) is 13.2 Å². The number of anilines is 1. The Bertz CT molecular complexity index is 533. The molecule has 6 nitrogen and oxygen atoms in total. The van der Waals surface area contributed by atoms with Crippen molar-refractivity contribution in [2.75, 3.05) is 12.4 Å². The van der Waals surface area contributed by atoms with Crippen molar-refractivity contribution in [3.05, 3.63) is 35.2 Å². The second-order valence-electron chi connectivity index (χ2n) is 3.27. The molecule has 0 saturated carbocycles. The lowest BCUT2D eigenvalue weighted by Crippen LogP contribution is -2.07. The Balaban J connectivity index is 1.90. The van der Waals surface area contributed by atoms with Crippen LogP contribution in [0.25, 0.3) is 6.08 Å². The molecule has 0 spiro atoms. The summed E-state index contributed by atoms with van der Waals surface area (Å²) < 4.78 is 9.97. The average Bonchev–Trinajstić information content (AvgIpc) is 2.99. The number of ether oxygens (including phenoxy) is 1. The summed E-state index contributed by atoms with van der Waals surface area (Å²) in [6, 6.07) is 3.50. The number of rotatable bonds is 5. The van der Waals surface area contributed by atoms with Crippen molar-refractivity contribution in [3.63, 3.8) is 0 Å². The van der Waals surface area contributed by atoms with Gasteiger partial charge in [0.1, 0.15) is 17.4 Å². The van der Waals surface area contributed by atoms with Gasteiger partial charge in [-0.1, -0.05) is 11.3 Å². The first-order valence-corrected chi connectivity index (χ1v) is 5.93. The monoisotopic (exact) mass is 265 g/mol. The van der Waals surface area contributed by atoms with Crippen molar-refractivity contribution >= 4 is 28.5 Å². The fraction of sp³-hybridized carbons (Fsp3) is 0.182. The third-order valence-electron chi connectivity index (χ3n) is 1.91. The number of aromatic nitrogens is 2. The predicted molar refractivity (Wildman–Crippen MR) is 67.0 cm³/mol. The molecule has 0 aromatic carbocycles. The highest BCUT2D eigenvalue weighted by molar-refractivity contribution is 7.15. The van der Waals surface area contributed by atoms with Crippen LogP contribution in [0.15, 0.2) is 28.9 Å². The molecule has 2 aromatic heterocycles. The van der Waals surface area contributed by atoms with Crippen LogP contribution in [-0.4, -0.2) is 23.2 Å². The third kappa shape index (κ3) is 3.51. The molecule has 0 bridgehead atoms. The summed E-state index contributed by atoms with van der Waals surface area (Å²) in [5.74, 6) is 0.328. The van der Waals surface area contributed by atoms with Crippen LogP contribution in [0.5, 0.6) is 0 Å². The predicted octanol–water partition coefficient (Wildman–Crippen LogP) is 1.93. The lowest BCUT2D eigenvalue weighted by atomic mass is 10.4. The maximum atomic E-state index is 11.5. The van der Waals surface area contributed by atoms with Crippen LogP contribution in [0.1, 0.15) is 10.8 Å². The molecule has 7 heteroatoms. The molecule has 0 unspecified atom stereocenters. The third-order valence-corrected chi connectivity index (χ3v) is 2.72. The number of furan rings is 1. The molecular weight excluding hydrogens is 254 g/mol. The van der Waals surface area contributed by atoms with Gasteiger partial charge in [0.15, 0.2) is 0 Å². The first kappa shape index (κ1) is 12.5. The van der Waals surface area contributed by atoms with Crippen molar-refractivity contribution in [3.8, 4) is 0 Å². The first-order chi connectivity index (χ1) is 8.78. The van der Waals surface area contributed by atoms with E-state index in [0.29, 0.717) is 22.5 Å². The number of hydrogen-bond donors (Lipinski definition) is 1. The molecule has 2 rings (SSSR count). The van der Waals surface area contributed by atoms with Crippen LogP contribution in [0.4, 0.5) is 5.13 Å². The van der Waals surface area contributed by atoms with Gasteiger partial charge in [-0.05, 0) is 18.2 Å². The molecule has 0 fully saturated rings. The van der Waals surface area contributed by atoms with E-state index in [-0.39, 0.29) is 5.91 Å². The minimum absolute atomic E-state index is 0.286. The van der Waals surface area contributed by atoms with E-state index in [1.807, 2.05) is 0 Å². The fourth-order valence-electron chi connectivity index (χ4n) is 1.18. The summed E-state index contributed by atoms with van der Waals surface area (Å²) in [5, 5.41) is 11.4. The lowest BCUT2D eigenvalue weighted by molar-refractivity contribution is -0.111. The van der Waals surface area contributed by atoms with Gasteiger partial charge in [0.2, 0.25) is 11.0 Å². The number of methoxy groups -OCH3 is 1. The summed E-state index contributed by atoms with van der Waals surface area (Å²) in [7, 11) is 1.58. The van der Waals surface area contributed by atoms with Gasteiger partial charge in [-0.15, -0.1) is 10.2 Å². The zero-order valence-electron chi connectivity index (χ0n) is 9.62. The second kappa shape index (κ2) is 6.08. The first-order valence-electron chi connectivity index (χ1n) is 5.12. The number of nitrogens with zero attached hydrogens (tertiary/aromatic N) is 2. The summed E-state index contributed by atoms with van der Waals surface area (Å²) in [6.07, 6.45) is 4.49. The summed E-state index contributed by atoms with van der Waals surface area (Å²) in [5.41, 5.74) is 0. The Hall–Kier alpha value is -1.99. The molecule has 0 radical (unpaired) electrons. The van der Waals surface area contributed by atoms with Crippen molar-refractivity contribution in [2.45, 2.75) is 6.61 Å². The Labute approximate surface area is 107 Å². The standard InChI is InChI=1S/C11H11N3O3S/c1-16-7-10-13-14-11(18-10)12-9(15)5-4-8-3-2-6-17-8/h2-6H,7H2,1H3,(H,12,14,15)/b5-4+. The van der Waals surface area contributed by atoms with E-state index in [9.17, 15) is 4.79 Å². The largest absolute Gasteiger partial charge is 0.465 e. The van der Waals surface area contributed by atoms with E-state index in [1.165, 1.54) is 17.4 Å². The summed E-state index contributed by atoms with van der Waals surface area (Å²) >= 11 is 1.27. The van der Waals surface area contributed by atoms with E-state index in [2.05, 4.69) is 15.5 Å². The maximum Gasteiger partial charge on any atom is 0.250 e. The van der Waals surface area contributed by atoms with Gasteiger partial charge < -0.3 is 9.15 Å². The number of hydrogen-bond acceptors (Lipinski definition) is 6. The summed E-state index contributed by atoms with van der Waals surface area (Å²) in [4.78, 5) is 11.5. The molecule has 2 aromatic rings. The molecule has 0 aliphatic rings. The molecule has 1 amide bonds. The minimum Gasteiger partial charge on any atom is -0.465 e. The average molecular weight is 265 g/mol. The van der Waals surface area contributed by atoms with E-state index in [1.54, 1.807) is 31.6 Å². The van der Waals surface area contributed by atoms with Gasteiger partial charge in [0.25, 0.3) is 0 Å². The number of carbonyl (C=O) groups is 1. The molecular formula is C11H11N3O3S. The van der Waals surface area contributed by atoms with Crippen molar-refractivity contribution in [1.82, 2.24) is 10.2 Å². The highest BCUT2D eigenvalue weighted by atomic mass is 32.1. The van der Waals surface area contributed by atoms with Crippen LogP contribution in [0.3, 0.4) is 0 Å². The Morgan fingerprint density at radius 1 is 1.61 bits per heavy atom. The SMILES string of the molecule is COCc1nnc(NC(=O)/C=C/c2ccco2)s1. The Morgan fingerprint density at radius 3 is 3.22 bits per heavy atom. The highest BCUT2D eigenvalue weighted by Gasteiger charge is 2.05. The molecule has 0 atom stereocenters. The van der Waals surface area contributed by atoms with Crippen molar-refractivity contribution in [1.29, 1.82) is 0 Å². The van der Waals surface area contributed by atoms with Gasteiger partial charge >= 0.3 is 0 Å². The van der Waals surface area contributed by atoms with Gasteiger partial charge in [-0.2, -0.15) is 0 Å². The molecule has 94 valence electrons. The van der Waals surface area contributed by atoms with Crippen molar-refractivity contribution < 1.29 is 13.9 Å². The maximum absolute atomic E-state index is 11.5. The van der Waals surface area contributed by atoms with Crippen LogP contribution >= 0.6 is 11.3 Å². The fourth-order valence-corrected chi connectivity index (χ4v) is 1.89. The number of nitrogens with one attached hydrogen (secondary N) is 1. The molecule has 1 N–H and O–H groups in total. The Kier molecular flexibility index (Phi) is 4.21. The van der Waals surface area contributed by atoms with Crippen LogP contribution in [-0.2, 0) is 16.1 Å². The molecule has 0 aliphatic heterocycles. The zero-order valence-corrected chi connectivity index (χ0v) is 10.4. The van der Waals surface area contributed by atoms with Gasteiger partial charge in [-0.25, -0.2) is 0 Å². The second-order valence-corrected chi connectivity index (χ2v) is 4.33. The smallest absolute Gasteiger partial charge is 0.250 e. The lowest BCUT2D eigenvalue weighted by Gasteiger charge is -1.93. The van der Waals surface area contributed by atoms with E-state index in [0.717, 1.165) is 0 Å². The van der Waals surface area contributed by atoms with Crippen LogP contribution < -0.4 is 5.32 Å². The quantitative estimate of drug-likeness (QED) is 0.836. The van der Waals surface area contributed by atoms with E-state index in [4.69, 9.17) is 9.15 Å². The van der Waals surface area contributed by atoms with Crippen LogP contribution in [0.2, 0.25) is 0 Å². The topological polar surface area (TPSA) is 77.3 Å². The van der Waals surface area contributed by atoms with E-state index >= 15 is 0 Å². The van der Waals surface area contributed by atoms with Crippen LogP contribution in [0, 0.1) is 0 Å². The summed E-state index contributed by atoms with van der Waals surface area (Å²) in [6.45, 7) is 0.385. The molecule has 2 heterocycles. The highest BCUT2D eigenvalue weighted by Crippen LogP contribution is 2.15. The number of amides is 1. The Morgan fingerprint density at radius 2 is 2.50 bits per heavy atom. The molecule has 18 heavy (non-hydrogen) atoms. The van der Waals surface area contributed by atoms with Gasteiger partial charge in [0.05, 0.1) is 6.26 Å². The molecule has 0 aliphatic carbocycles. The van der Waals surface area contributed by atoms with Crippen molar-refractivity contribution in [2.24, 2.45) is 0 Å². The zero-order chi connectivity index (χ0) is 12.8. The minimum atomic E-state index is -0.286.